The summed E-state index contributed by atoms with van der Waals surface area (Å²) in [6.45, 7) is 2.82. The van der Waals surface area contributed by atoms with E-state index in [1.54, 1.807) is 25.1 Å². The maximum absolute atomic E-state index is 12.6. The molecule has 1 heterocycles. The smallest absolute Gasteiger partial charge is 0.243 e. The Balaban J connectivity index is 2.26. The highest BCUT2D eigenvalue weighted by molar-refractivity contribution is 7.89. The molecule has 19 heavy (non-hydrogen) atoms. The topological polar surface area (TPSA) is 57.6 Å². The Morgan fingerprint density at radius 3 is 2.89 bits per heavy atom. The van der Waals surface area contributed by atoms with Gasteiger partial charge in [-0.3, -0.25) is 0 Å². The molecule has 0 amide bonds. The highest BCUT2D eigenvalue weighted by Gasteiger charge is 2.33. The third-order valence-electron chi connectivity index (χ3n) is 3.62. The Morgan fingerprint density at radius 2 is 2.21 bits per heavy atom. The monoisotopic (exact) mass is 303 g/mol. The summed E-state index contributed by atoms with van der Waals surface area (Å²) >= 11 is 5.99. The van der Waals surface area contributed by atoms with Crippen LogP contribution in [0.4, 0.5) is 0 Å². The number of halogens is 1. The van der Waals surface area contributed by atoms with Crippen molar-refractivity contribution in [3.8, 4) is 0 Å². The van der Waals surface area contributed by atoms with E-state index >= 15 is 0 Å². The number of hydrogen-bond donors (Lipinski definition) is 1. The van der Waals surface area contributed by atoms with Gasteiger partial charge in [0.2, 0.25) is 10.0 Å². The van der Waals surface area contributed by atoms with Crippen molar-refractivity contribution in [2.75, 3.05) is 19.7 Å². The van der Waals surface area contributed by atoms with Gasteiger partial charge in [-0.25, -0.2) is 8.42 Å². The molecule has 1 aromatic rings. The van der Waals surface area contributed by atoms with Crippen LogP contribution in [0.15, 0.2) is 23.1 Å². The van der Waals surface area contributed by atoms with E-state index in [0.717, 1.165) is 6.42 Å². The van der Waals surface area contributed by atoms with Gasteiger partial charge in [0.15, 0.2) is 0 Å². The largest absolute Gasteiger partial charge is 0.396 e. The van der Waals surface area contributed by atoms with E-state index in [0.29, 0.717) is 30.1 Å². The van der Waals surface area contributed by atoms with Crippen LogP contribution in [0.1, 0.15) is 18.4 Å². The first kappa shape index (κ1) is 14.8. The normalized spacial score (nSPS) is 20.9. The zero-order valence-electron chi connectivity index (χ0n) is 10.8. The molecule has 6 heteroatoms. The second kappa shape index (κ2) is 5.79. The van der Waals surface area contributed by atoms with Gasteiger partial charge in [-0.15, -0.1) is 0 Å². The Kier molecular flexibility index (Phi) is 4.50. The van der Waals surface area contributed by atoms with Crippen LogP contribution >= 0.6 is 11.6 Å². The summed E-state index contributed by atoms with van der Waals surface area (Å²) < 4.78 is 26.6. The second-order valence-electron chi connectivity index (χ2n) is 4.89. The fourth-order valence-corrected chi connectivity index (χ4v) is 4.45. The van der Waals surface area contributed by atoms with Gasteiger partial charge >= 0.3 is 0 Å². The van der Waals surface area contributed by atoms with Crippen molar-refractivity contribution in [3.05, 3.63) is 28.8 Å². The summed E-state index contributed by atoms with van der Waals surface area (Å²) in [6, 6.07) is 4.94. The van der Waals surface area contributed by atoms with E-state index < -0.39 is 10.0 Å². The maximum atomic E-state index is 12.6. The van der Waals surface area contributed by atoms with Crippen molar-refractivity contribution in [3.63, 3.8) is 0 Å². The first-order valence-corrected chi connectivity index (χ1v) is 8.14. The first-order valence-electron chi connectivity index (χ1n) is 6.33. The van der Waals surface area contributed by atoms with Gasteiger partial charge in [-0.05, 0) is 43.4 Å². The minimum absolute atomic E-state index is 0.106. The molecule has 0 radical (unpaired) electrons. The number of nitrogens with zero attached hydrogens (tertiary/aromatic N) is 1. The lowest BCUT2D eigenvalue weighted by Gasteiger charge is -2.18. The van der Waals surface area contributed by atoms with Crippen molar-refractivity contribution >= 4 is 21.6 Å². The van der Waals surface area contributed by atoms with Crippen LogP contribution in [0.3, 0.4) is 0 Å². The SMILES string of the molecule is Cc1c(Cl)cccc1S(=O)(=O)N1CCC(CCO)C1. The number of hydrogen-bond acceptors (Lipinski definition) is 3. The molecule has 1 saturated heterocycles. The molecule has 0 bridgehead atoms. The summed E-state index contributed by atoms with van der Waals surface area (Å²) in [5, 5.41) is 9.39. The Hall–Kier alpha value is -0.620. The quantitative estimate of drug-likeness (QED) is 0.926. The number of aliphatic hydroxyl groups excluding tert-OH is 1. The minimum atomic E-state index is -3.48. The number of benzene rings is 1. The highest BCUT2D eigenvalue weighted by atomic mass is 35.5. The molecule has 1 atom stereocenters. The van der Waals surface area contributed by atoms with E-state index in [1.165, 1.54) is 4.31 Å². The summed E-state index contributed by atoms with van der Waals surface area (Å²) in [5.41, 5.74) is 0.592. The van der Waals surface area contributed by atoms with E-state index in [4.69, 9.17) is 16.7 Å². The fourth-order valence-electron chi connectivity index (χ4n) is 2.44. The van der Waals surface area contributed by atoms with Crippen LogP contribution in [-0.4, -0.2) is 37.5 Å². The molecule has 1 unspecified atom stereocenters. The first-order chi connectivity index (χ1) is 8.96. The summed E-state index contributed by atoms with van der Waals surface area (Å²) in [5.74, 6) is 0.249. The molecule has 1 N–H and O–H groups in total. The third-order valence-corrected chi connectivity index (χ3v) is 6.04. The zero-order chi connectivity index (χ0) is 14.0. The molecule has 2 rings (SSSR count). The number of sulfonamides is 1. The van der Waals surface area contributed by atoms with E-state index in [-0.39, 0.29) is 17.4 Å². The highest BCUT2D eigenvalue weighted by Crippen LogP contribution is 2.29. The van der Waals surface area contributed by atoms with Gasteiger partial charge in [-0.2, -0.15) is 4.31 Å². The molecule has 1 aliphatic rings. The fraction of sp³-hybridized carbons (Fsp3) is 0.538. The van der Waals surface area contributed by atoms with Crippen LogP contribution in [-0.2, 0) is 10.0 Å². The Bertz CT molecular complexity index is 559. The molecule has 106 valence electrons. The average Bonchev–Trinajstić information content (AvgIpc) is 2.82. The Morgan fingerprint density at radius 1 is 1.47 bits per heavy atom. The molecule has 4 nitrogen and oxygen atoms in total. The molecule has 0 aliphatic carbocycles. The average molecular weight is 304 g/mol. The Labute approximate surface area is 119 Å². The van der Waals surface area contributed by atoms with E-state index in [1.807, 2.05) is 0 Å². The van der Waals surface area contributed by atoms with Crippen LogP contribution in [0.25, 0.3) is 0 Å². The number of rotatable bonds is 4. The van der Waals surface area contributed by atoms with Crippen LogP contribution in [0, 0.1) is 12.8 Å². The van der Waals surface area contributed by atoms with E-state index in [2.05, 4.69) is 0 Å². The molecule has 1 fully saturated rings. The molecular weight excluding hydrogens is 286 g/mol. The third kappa shape index (κ3) is 2.94. The maximum Gasteiger partial charge on any atom is 0.243 e. The summed E-state index contributed by atoms with van der Waals surface area (Å²) in [4.78, 5) is 0.282. The van der Waals surface area contributed by atoms with Crippen molar-refractivity contribution < 1.29 is 13.5 Å². The van der Waals surface area contributed by atoms with Gasteiger partial charge in [0.05, 0.1) is 4.90 Å². The number of aliphatic hydroxyl groups is 1. The molecule has 0 saturated carbocycles. The van der Waals surface area contributed by atoms with Crippen LogP contribution in [0.2, 0.25) is 5.02 Å². The van der Waals surface area contributed by atoms with E-state index in [9.17, 15) is 8.42 Å². The molecule has 0 spiro atoms. The zero-order valence-corrected chi connectivity index (χ0v) is 12.4. The molecule has 1 aliphatic heterocycles. The predicted molar refractivity (Wildman–Crippen MR) is 74.8 cm³/mol. The summed E-state index contributed by atoms with van der Waals surface area (Å²) in [6.07, 6.45) is 1.46. The second-order valence-corrected chi connectivity index (χ2v) is 7.21. The van der Waals surface area contributed by atoms with Crippen LogP contribution in [0.5, 0.6) is 0 Å². The summed E-state index contributed by atoms with van der Waals surface area (Å²) in [7, 11) is -3.48. The van der Waals surface area contributed by atoms with Gasteiger partial charge in [0.1, 0.15) is 0 Å². The van der Waals surface area contributed by atoms with Crippen LogP contribution < -0.4 is 0 Å². The van der Waals surface area contributed by atoms with Gasteiger partial charge < -0.3 is 5.11 Å². The van der Waals surface area contributed by atoms with Crippen molar-refractivity contribution in [1.82, 2.24) is 4.31 Å². The van der Waals surface area contributed by atoms with Crippen molar-refractivity contribution in [2.24, 2.45) is 5.92 Å². The lowest BCUT2D eigenvalue weighted by Crippen LogP contribution is -2.29. The van der Waals surface area contributed by atoms with Crippen molar-refractivity contribution in [2.45, 2.75) is 24.7 Å². The lowest BCUT2D eigenvalue weighted by atomic mass is 10.1. The van der Waals surface area contributed by atoms with Gasteiger partial charge in [0, 0.05) is 24.7 Å². The lowest BCUT2D eigenvalue weighted by molar-refractivity contribution is 0.259. The molecular formula is C13H18ClNO3S. The van der Waals surface area contributed by atoms with Gasteiger partial charge in [0.25, 0.3) is 0 Å². The van der Waals surface area contributed by atoms with Crippen molar-refractivity contribution in [1.29, 1.82) is 0 Å². The van der Waals surface area contributed by atoms with Gasteiger partial charge in [-0.1, -0.05) is 17.7 Å². The molecule has 0 aromatic heterocycles. The predicted octanol–water partition coefficient (Wildman–Crippen LogP) is 2.04. The molecule has 1 aromatic carbocycles. The standard InChI is InChI=1S/C13H18ClNO3S/c1-10-12(14)3-2-4-13(10)19(17,18)15-7-5-11(9-15)6-8-16/h2-4,11,16H,5-9H2,1H3. The minimum Gasteiger partial charge on any atom is -0.396 e.